The molecule has 1 nitrogen and oxygen atoms in total. The van der Waals surface area contributed by atoms with Gasteiger partial charge in [-0.1, -0.05) is 23.7 Å². The highest BCUT2D eigenvalue weighted by Gasteiger charge is 2.27. The van der Waals surface area contributed by atoms with Gasteiger partial charge in [-0.2, -0.15) is 0 Å². The van der Waals surface area contributed by atoms with Gasteiger partial charge < -0.3 is 5.32 Å². The summed E-state index contributed by atoms with van der Waals surface area (Å²) in [5, 5.41) is 3.95. The number of benzene rings is 1. The monoisotopic (exact) mass is 213 g/mol. The Kier molecular flexibility index (Phi) is 3.04. The van der Waals surface area contributed by atoms with Crippen molar-refractivity contribution < 1.29 is 4.39 Å². The molecule has 0 spiro atoms. The first-order chi connectivity index (χ1) is 6.81. The first-order valence-electron chi connectivity index (χ1n) is 4.83. The lowest BCUT2D eigenvalue weighted by atomic mass is 9.90. The van der Waals surface area contributed by atoms with Gasteiger partial charge in [0.05, 0.1) is 6.67 Å². The molecule has 1 fully saturated rings. The molecule has 0 radical (unpaired) electrons. The van der Waals surface area contributed by atoms with E-state index in [9.17, 15) is 4.39 Å². The number of nitrogens with one attached hydrogen (secondary N) is 1. The van der Waals surface area contributed by atoms with E-state index in [-0.39, 0.29) is 12.6 Å². The summed E-state index contributed by atoms with van der Waals surface area (Å²) in [7, 11) is 0. The van der Waals surface area contributed by atoms with Gasteiger partial charge in [-0.3, -0.25) is 4.39 Å². The van der Waals surface area contributed by atoms with Gasteiger partial charge in [0.1, 0.15) is 0 Å². The quantitative estimate of drug-likeness (QED) is 0.797. The number of hydrogen-bond donors (Lipinski definition) is 1. The molecule has 0 saturated carbocycles. The van der Waals surface area contributed by atoms with Crippen molar-refractivity contribution >= 4 is 11.6 Å². The van der Waals surface area contributed by atoms with Gasteiger partial charge in [0.2, 0.25) is 0 Å². The fourth-order valence-electron chi connectivity index (χ4n) is 2.00. The predicted molar refractivity (Wildman–Crippen MR) is 56.5 cm³/mol. The third-order valence-corrected chi connectivity index (χ3v) is 3.09. The van der Waals surface area contributed by atoms with E-state index in [1.54, 1.807) is 0 Å². The summed E-state index contributed by atoms with van der Waals surface area (Å²) < 4.78 is 12.6. The van der Waals surface area contributed by atoms with Crippen molar-refractivity contribution in [3.63, 3.8) is 0 Å². The van der Waals surface area contributed by atoms with Crippen molar-refractivity contribution in [3.8, 4) is 0 Å². The molecule has 1 heterocycles. The number of rotatable bonds is 2. The molecule has 76 valence electrons. The van der Waals surface area contributed by atoms with Crippen LogP contribution in [0.4, 0.5) is 4.39 Å². The van der Waals surface area contributed by atoms with E-state index in [0.717, 1.165) is 18.1 Å². The van der Waals surface area contributed by atoms with Crippen LogP contribution in [0.3, 0.4) is 0 Å². The van der Waals surface area contributed by atoms with Gasteiger partial charge in [0.25, 0.3) is 0 Å². The van der Waals surface area contributed by atoms with Crippen LogP contribution in [0.2, 0.25) is 5.02 Å². The molecule has 14 heavy (non-hydrogen) atoms. The van der Waals surface area contributed by atoms with Crippen LogP contribution >= 0.6 is 11.6 Å². The Morgan fingerprint density at radius 1 is 1.29 bits per heavy atom. The number of halogens is 2. The van der Waals surface area contributed by atoms with E-state index < -0.39 is 0 Å². The van der Waals surface area contributed by atoms with Crippen LogP contribution in [0.1, 0.15) is 11.5 Å². The maximum Gasteiger partial charge on any atom is 0.0941 e. The highest BCUT2D eigenvalue weighted by atomic mass is 35.5. The molecule has 0 aliphatic carbocycles. The Morgan fingerprint density at radius 3 is 2.64 bits per heavy atom. The summed E-state index contributed by atoms with van der Waals surface area (Å²) in [6, 6.07) is 7.71. The third-order valence-electron chi connectivity index (χ3n) is 2.84. The zero-order chi connectivity index (χ0) is 9.97. The second-order valence-electron chi connectivity index (χ2n) is 3.73. The molecule has 1 aliphatic rings. The predicted octanol–water partition coefficient (Wildman–Crippen LogP) is 2.61. The van der Waals surface area contributed by atoms with Crippen molar-refractivity contribution in [2.24, 2.45) is 5.92 Å². The molecule has 1 aliphatic heterocycles. The van der Waals surface area contributed by atoms with Gasteiger partial charge in [-0.15, -0.1) is 0 Å². The van der Waals surface area contributed by atoms with Crippen LogP contribution < -0.4 is 5.32 Å². The largest absolute Gasteiger partial charge is 0.316 e. The second kappa shape index (κ2) is 4.28. The lowest BCUT2D eigenvalue weighted by Gasteiger charge is -2.15. The molecule has 2 rings (SSSR count). The van der Waals surface area contributed by atoms with Gasteiger partial charge in [0, 0.05) is 29.9 Å². The van der Waals surface area contributed by atoms with E-state index in [0.29, 0.717) is 5.92 Å². The van der Waals surface area contributed by atoms with Crippen molar-refractivity contribution in [2.45, 2.75) is 5.92 Å². The zero-order valence-electron chi connectivity index (χ0n) is 7.84. The Morgan fingerprint density at radius 2 is 2.00 bits per heavy atom. The molecule has 1 aromatic rings. The van der Waals surface area contributed by atoms with Gasteiger partial charge >= 0.3 is 0 Å². The number of hydrogen-bond acceptors (Lipinski definition) is 1. The molecule has 0 unspecified atom stereocenters. The van der Waals surface area contributed by atoms with Gasteiger partial charge in [0.15, 0.2) is 0 Å². The Hall–Kier alpha value is -0.600. The van der Waals surface area contributed by atoms with Crippen LogP contribution in [0, 0.1) is 5.92 Å². The van der Waals surface area contributed by atoms with Crippen LogP contribution in [0.5, 0.6) is 0 Å². The maximum atomic E-state index is 12.6. The Balaban J connectivity index is 2.17. The zero-order valence-corrected chi connectivity index (χ0v) is 8.60. The average molecular weight is 214 g/mol. The molecule has 0 bridgehead atoms. The fourth-order valence-corrected chi connectivity index (χ4v) is 2.12. The maximum absolute atomic E-state index is 12.6. The van der Waals surface area contributed by atoms with Gasteiger partial charge in [-0.05, 0) is 17.7 Å². The molecule has 0 aromatic heterocycles. The molecular formula is C11H13ClFN. The second-order valence-corrected chi connectivity index (χ2v) is 4.17. The first kappa shape index (κ1) is 9.94. The van der Waals surface area contributed by atoms with Gasteiger partial charge in [-0.25, -0.2) is 0 Å². The van der Waals surface area contributed by atoms with Crippen molar-refractivity contribution in [1.29, 1.82) is 0 Å². The van der Waals surface area contributed by atoms with Crippen LogP contribution in [-0.2, 0) is 0 Å². The van der Waals surface area contributed by atoms with Crippen LogP contribution in [0.15, 0.2) is 24.3 Å². The average Bonchev–Trinajstić information content (AvgIpc) is 2.67. The highest BCUT2D eigenvalue weighted by molar-refractivity contribution is 6.30. The Labute approximate surface area is 88.3 Å². The van der Waals surface area contributed by atoms with E-state index in [4.69, 9.17) is 11.6 Å². The highest BCUT2D eigenvalue weighted by Crippen LogP contribution is 2.29. The van der Waals surface area contributed by atoms with Crippen LogP contribution in [-0.4, -0.2) is 19.8 Å². The first-order valence-corrected chi connectivity index (χ1v) is 5.21. The minimum absolute atomic E-state index is 0.121. The fraction of sp³-hybridized carbons (Fsp3) is 0.455. The third kappa shape index (κ3) is 1.91. The summed E-state index contributed by atoms with van der Waals surface area (Å²) in [6.45, 7) is 1.40. The summed E-state index contributed by atoms with van der Waals surface area (Å²) in [6.07, 6.45) is 0. The molecule has 1 saturated heterocycles. The molecular weight excluding hydrogens is 201 g/mol. The Bertz CT molecular complexity index is 299. The summed E-state index contributed by atoms with van der Waals surface area (Å²) >= 11 is 5.80. The summed E-state index contributed by atoms with van der Waals surface area (Å²) in [5.41, 5.74) is 1.18. The topological polar surface area (TPSA) is 12.0 Å². The summed E-state index contributed by atoms with van der Waals surface area (Å²) in [5.74, 6) is 0.424. The van der Waals surface area contributed by atoms with Crippen molar-refractivity contribution in [1.82, 2.24) is 5.32 Å². The van der Waals surface area contributed by atoms with E-state index >= 15 is 0 Å². The SMILES string of the molecule is FC[C@@H]1CNC[C@@H]1c1ccc(Cl)cc1. The standard InChI is InChI=1S/C11H13ClFN/c12-10-3-1-8(2-4-10)11-7-14-6-9(11)5-13/h1-4,9,11,14H,5-7H2/t9-,11-/m1/s1. The summed E-state index contributed by atoms with van der Waals surface area (Å²) in [4.78, 5) is 0. The molecule has 0 amide bonds. The molecule has 2 atom stereocenters. The van der Waals surface area contributed by atoms with Crippen LogP contribution in [0.25, 0.3) is 0 Å². The lowest BCUT2D eigenvalue weighted by molar-refractivity contribution is 0.358. The number of alkyl halides is 1. The minimum atomic E-state index is -0.250. The van der Waals surface area contributed by atoms with E-state index in [2.05, 4.69) is 5.32 Å². The normalized spacial score (nSPS) is 26.7. The van der Waals surface area contributed by atoms with E-state index in [1.165, 1.54) is 5.56 Å². The van der Waals surface area contributed by atoms with Crippen molar-refractivity contribution in [2.75, 3.05) is 19.8 Å². The van der Waals surface area contributed by atoms with Crippen molar-refractivity contribution in [3.05, 3.63) is 34.9 Å². The molecule has 1 N–H and O–H groups in total. The molecule has 3 heteroatoms. The van der Waals surface area contributed by atoms with E-state index in [1.807, 2.05) is 24.3 Å². The molecule has 1 aromatic carbocycles. The smallest absolute Gasteiger partial charge is 0.0941 e. The lowest BCUT2D eigenvalue weighted by Crippen LogP contribution is -2.12. The minimum Gasteiger partial charge on any atom is -0.316 e.